The molecule has 1 unspecified atom stereocenters. The van der Waals surface area contributed by atoms with Gasteiger partial charge in [-0.3, -0.25) is 9.80 Å². The first-order valence-corrected chi connectivity index (χ1v) is 7.92. The highest BCUT2D eigenvalue weighted by atomic mass is 35.5. The molecule has 1 N–H and O–H groups in total. The summed E-state index contributed by atoms with van der Waals surface area (Å²) in [6, 6.07) is 6.12. The molecule has 0 radical (unpaired) electrons. The highest BCUT2D eigenvalue weighted by Gasteiger charge is 2.17. The molecule has 5 heteroatoms. The third-order valence-electron chi connectivity index (χ3n) is 4.07. The van der Waals surface area contributed by atoms with Crippen LogP contribution in [-0.2, 0) is 0 Å². The lowest BCUT2D eigenvalue weighted by Gasteiger charge is -2.31. The Balaban J connectivity index is 1.90. The van der Waals surface area contributed by atoms with Crippen molar-refractivity contribution in [1.82, 2.24) is 15.1 Å². The largest absolute Gasteiger partial charge is 0.314 e. The molecule has 0 bridgehead atoms. The predicted octanol–water partition coefficient (Wildman–Crippen LogP) is 2.89. The van der Waals surface area contributed by atoms with Crippen molar-refractivity contribution >= 4 is 23.2 Å². The van der Waals surface area contributed by atoms with Gasteiger partial charge in [0.25, 0.3) is 0 Å². The molecule has 3 nitrogen and oxygen atoms in total. The van der Waals surface area contributed by atoms with E-state index in [1.165, 1.54) is 0 Å². The lowest BCUT2D eigenvalue weighted by Crippen LogP contribution is -2.46. The number of nitrogens with one attached hydrogen (secondary N) is 1. The summed E-state index contributed by atoms with van der Waals surface area (Å²) >= 11 is 12.4. The number of hydrogen-bond acceptors (Lipinski definition) is 3. The summed E-state index contributed by atoms with van der Waals surface area (Å²) in [5, 5.41) is 4.68. The van der Waals surface area contributed by atoms with Crippen molar-refractivity contribution in [1.29, 1.82) is 0 Å². The first-order chi connectivity index (χ1) is 9.59. The van der Waals surface area contributed by atoms with Gasteiger partial charge in [-0.05, 0) is 25.6 Å². The van der Waals surface area contributed by atoms with Gasteiger partial charge in [0, 0.05) is 45.3 Å². The Morgan fingerprint density at radius 3 is 2.70 bits per heavy atom. The fourth-order valence-corrected chi connectivity index (χ4v) is 2.97. The van der Waals surface area contributed by atoms with Crippen LogP contribution >= 0.6 is 23.2 Å². The topological polar surface area (TPSA) is 18.5 Å². The Bertz CT molecular complexity index is 433. The molecule has 20 heavy (non-hydrogen) atoms. The molecule has 1 aliphatic rings. The van der Waals surface area contributed by atoms with Crippen LogP contribution in [-0.4, -0.2) is 56.1 Å². The summed E-state index contributed by atoms with van der Waals surface area (Å²) < 4.78 is 0. The number of likely N-dealkylation sites (N-methyl/N-ethyl adjacent to an activating group) is 1. The van der Waals surface area contributed by atoms with Crippen LogP contribution in [0.2, 0.25) is 10.0 Å². The molecular weight excluding hydrogens is 293 g/mol. The number of rotatable bonds is 5. The van der Waals surface area contributed by atoms with Crippen molar-refractivity contribution in [3.8, 4) is 0 Å². The molecule has 1 aliphatic heterocycles. The van der Waals surface area contributed by atoms with E-state index in [-0.39, 0.29) is 6.04 Å². The van der Waals surface area contributed by atoms with Crippen LogP contribution in [0.15, 0.2) is 18.2 Å². The minimum absolute atomic E-state index is 0.268. The minimum Gasteiger partial charge on any atom is -0.314 e. The predicted molar refractivity (Wildman–Crippen MR) is 86.8 cm³/mol. The quantitative estimate of drug-likeness (QED) is 0.901. The second-order valence-corrected chi connectivity index (χ2v) is 6.18. The van der Waals surface area contributed by atoms with E-state index in [9.17, 15) is 0 Å². The van der Waals surface area contributed by atoms with E-state index in [4.69, 9.17) is 23.2 Å². The molecule has 0 aromatic heterocycles. The van der Waals surface area contributed by atoms with Gasteiger partial charge in [0.1, 0.15) is 0 Å². The molecule has 0 amide bonds. The first kappa shape index (κ1) is 16.1. The minimum atomic E-state index is 0.268. The van der Waals surface area contributed by atoms with Crippen LogP contribution in [0.3, 0.4) is 0 Å². The van der Waals surface area contributed by atoms with Gasteiger partial charge in [-0.25, -0.2) is 0 Å². The second kappa shape index (κ2) is 7.62. The van der Waals surface area contributed by atoms with E-state index in [1.807, 2.05) is 12.1 Å². The molecular formula is C15H23Cl2N3. The van der Waals surface area contributed by atoms with E-state index in [1.54, 1.807) is 0 Å². The van der Waals surface area contributed by atoms with Gasteiger partial charge >= 0.3 is 0 Å². The van der Waals surface area contributed by atoms with Crippen LogP contribution < -0.4 is 5.32 Å². The third-order valence-corrected chi connectivity index (χ3v) is 4.90. The molecule has 2 rings (SSSR count). The van der Waals surface area contributed by atoms with E-state index in [2.05, 4.69) is 35.2 Å². The number of nitrogens with zero attached hydrogens (tertiary/aromatic N) is 2. The maximum Gasteiger partial charge on any atom is 0.0640 e. The number of piperazine rings is 1. The fourth-order valence-electron chi connectivity index (χ4n) is 2.51. The zero-order valence-electron chi connectivity index (χ0n) is 12.2. The SMILES string of the molecule is CC(c1cccc(Cl)c1Cl)N(C)CCN1CCNCC1. The molecule has 1 saturated heterocycles. The van der Waals surface area contributed by atoms with Crippen molar-refractivity contribution in [3.05, 3.63) is 33.8 Å². The van der Waals surface area contributed by atoms with Gasteiger partial charge in [0.15, 0.2) is 0 Å². The molecule has 1 aromatic rings. The van der Waals surface area contributed by atoms with Gasteiger partial charge in [-0.1, -0.05) is 35.3 Å². The van der Waals surface area contributed by atoms with E-state index in [0.717, 1.165) is 44.8 Å². The fraction of sp³-hybridized carbons (Fsp3) is 0.600. The Hall–Kier alpha value is -0.320. The molecule has 1 fully saturated rings. The van der Waals surface area contributed by atoms with Gasteiger partial charge in [-0.15, -0.1) is 0 Å². The van der Waals surface area contributed by atoms with Crippen molar-refractivity contribution in [2.45, 2.75) is 13.0 Å². The average molecular weight is 316 g/mol. The van der Waals surface area contributed by atoms with E-state index >= 15 is 0 Å². The van der Waals surface area contributed by atoms with Crippen LogP contribution in [0.5, 0.6) is 0 Å². The van der Waals surface area contributed by atoms with Crippen molar-refractivity contribution < 1.29 is 0 Å². The summed E-state index contributed by atoms with van der Waals surface area (Å²) in [5.74, 6) is 0. The lowest BCUT2D eigenvalue weighted by atomic mass is 10.1. The molecule has 0 spiro atoms. The molecule has 1 atom stereocenters. The third kappa shape index (κ3) is 4.09. The maximum atomic E-state index is 6.30. The monoisotopic (exact) mass is 315 g/mol. The molecule has 1 heterocycles. The lowest BCUT2D eigenvalue weighted by molar-refractivity contribution is 0.183. The number of halogens is 2. The van der Waals surface area contributed by atoms with E-state index in [0.29, 0.717) is 10.0 Å². The maximum absolute atomic E-state index is 6.30. The summed E-state index contributed by atoms with van der Waals surface area (Å²) in [7, 11) is 2.14. The molecule has 1 aromatic carbocycles. The zero-order chi connectivity index (χ0) is 14.5. The normalized spacial score (nSPS) is 18.4. The smallest absolute Gasteiger partial charge is 0.0640 e. The van der Waals surface area contributed by atoms with Crippen LogP contribution in [0.4, 0.5) is 0 Å². The molecule has 112 valence electrons. The highest BCUT2D eigenvalue weighted by molar-refractivity contribution is 6.42. The van der Waals surface area contributed by atoms with Gasteiger partial charge in [0.05, 0.1) is 10.0 Å². The van der Waals surface area contributed by atoms with Crippen molar-refractivity contribution in [2.24, 2.45) is 0 Å². The Kier molecular flexibility index (Phi) is 6.12. The van der Waals surface area contributed by atoms with Gasteiger partial charge in [-0.2, -0.15) is 0 Å². The van der Waals surface area contributed by atoms with E-state index < -0.39 is 0 Å². The average Bonchev–Trinajstić information content (AvgIpc) is 2.48. The van der Waals surface area contributed by atoms with Gasteiger partial charge in [0.2, 0.25) is 0 Å². The van der Waals surface area contributed by atoms with Crippen molar-refractivity contribution in [3.63, 3.8) is 0 Å². The highest BCUT2D eigenvalue weighted by Crippen LogP contribution is 2.31. The summed E-state index contributed by atoms with van der Waals surface area (Å²) in [6.07, 6.45) is 0. The van der Waals surface area contributed by atoms with Crippen molar-refractivity contribution in [2.75, 3.05) is 46.3 Å². The Labute approximate surface area is 131 Å². The Morgan fingerprint density at radius 2 is 2.00 bits per heavy atom. The Morgan fingerprint density at radius 1 is 1.30 bits per heavy atom. The van der Waals surface area contributed by atoms with Gasteiger partial charge < -0.3 is 5.32 Å². The summed E-state index contributed by atoms with van der Waals surface area (Å²) in [4.78, 5) is 4.83. The van der Waals surface area contributed by atoms with Crippen LogP contribution in [0.1, 0.15) is 18.5 Å². The summed E-state index contributed by atoms with van der Waals surface area (Å²) in [5.41, 5.74) is 1.10. The number of hydrogen-bond donors (Lipinski definition) is 1. The standard InChI is InChI=1S/C15H23Cl2N3/c1-12(13-4-3-5-14(16)15(13)17)19(2)10-11-20-8-6-18-7-9-20/h3-5,12,18H,6-11H2,1-2H3. The first-order valence-electron chi connectivity index (χ1n) is 7.17. The zero-order valence-corrected chi connectivity index (χ0v) is 13.7. The molecule has 0 saturated carbocycles. The molecule has 0 aliphatic carbocycles. The second-order valence-electron chi connectivity index (χ2n) is 5.39. The summed E-state index contributed by atoms with van der Waals surface area (Å²) in [6.45, 7) is 8.78. The number of benzene rings is 1. The van der Waals surface area contributed by atoms with Crippen LogP contribution in [0, 0.1) is 0 Å². The van der Waals surface area contributed by atoms with Crippen LogP contribution in [0.25, 0.3) is 0 Å².